The highest BCUT2D eigenvalue weighted by molar-refractivity contribution is 5.84. The van der Waals surface area contributed by atoms with Gasteiger partial charge in [-0.25, -0.2) is 0 Å². The average molecular weight is 372 g/mol. The van der Waals surface area contributed by atoms with E-state index in [9.17, 15) is 9.59 Å². The molecule has 0 aromatic heterocycles. The van der Waals surface area contributed by atoms with E-state index in [1.807, 2.05) is 6.07 Å². The van der Waals surface area contributed by atoms with Gasteiger partial charge in [0.05, 0.1) is 6.54 Å². The maximum absolute atomic E-state index is 12.4. The highest BCUT2D eigenvalue weighted by atomic mass is 16.2. The molecule has 0 saturated carbocycles. The molecule has 1 aromatic rings. The van der Waals surface area contributed by atoms with E-state index >= 15 is 0 Å². The van der Waals surface area contributed by atoms with E-state index in [1.165, 1.54) is 24.0 Å². The van der Waals surface area contributed by atoms with Crippen molar-refractivity contribution in [3.8, 4) is 0 Å². The Bertz CT molecular complexity index is 646. The third-order valence-corrected chi connectivity index (χ3v) is 5.74. The number of rotatable bonds is 6. The Morgan fingerprint density at radius 1 is 1.11 bits per heavy atom. The number of piperidine rings is 1. The molecule has 3 rings (SSSR count). The predicted octanol–water partition coefficient (Wildman–Crippen LogP) is 2.94. The molecule has 1 N–H and O–H groups in total. The number of hydrogen-bond donors (Lipinski definition) is 1. The van der Waals surface area contributed by atoms with Crippen molar-refractivity contribution in [3.05, 3.63) is 35.4 Å². The van der Waals surface area contributed by atoms with E-state index in [2.05, 4.69) is 35.3 Å². The molecule has 2 heterocycles. The normalized spacial score (nSPS) is 21.7. The molecule has 2 aliphatic rings. The molecule has 5 heteroatoms. The third kappa shape index (κ3) is 6.06. The molecule has 0 spiro atoms. The van der Waals surface area contributed by atoms with E-state index in [0.29, 0.717) is 19.5 Å². The van der Waals surface area contributed by atoms with Gasteiger partial charge in [-0.1, -0.05) is 37.6 Å². The van der Waals surface area contributed by atoms with Gasteiger partial charge >= 0.3 is 0 Å². The van der Waals surface area contributed by atoms with Crippen molar-refractivity contribution in [2.24, 2.45) is 5.92 Å². The van der Waals surface area contributed by atoms with Gasteiger partial charge in [0, 0.05) is 32.6 Å². The molecule has 1 atom stereocenters. The minimum Gasteiger partial charge on any atom is -0.350 e. The van der Waals surface area contributed by atoms with Crippen molar-refractivity contribution in [2.45, 2.75) is 58.5 Å². The fourth-order valence-electron chi connectivity index (χ4n) is 4.18. The lowest BCUT2D eigenvalue weighted by Crippen LogP contribution is -2.40. The van der Waals surface area contributed by atoms with Crippen LogP contribution in [0.15, 0.2) is 24.3 Å². The fourth-order valence-corrected chi connectivity index (χ4v) is 4.18. The molecule has 2 fully saturated rings. The fraction of sp³-hybridized carbons (Fsp3) is 0.636. The largest absolute Gasteiger partial charge is 0.350 e. The Morgan fingerprint density at radius 3 is 2.74 bits per heavy atom. The van der Waals surface area contributed by atoms with Gasteiger partial charge in [-0.05, 0) is 49.3 Å². The number of nitrogens with zero attached hydrogens (tertiary/aromatic N) is 2. The highest BCUT2D eigenvalue weighted by Crippen LogP contribution is 2.19. The van der Waals surface area contributed by atoms with Crippen LogP contribution in [0, 0.1) is 5.92 Å². The second-order valence-corrected chi connectivity index (χ2v) is 8.15. The summed E-state index contributed by atoms with van der Waals surface area (Å²) >= 11 is 0. The van der Waals surface area contributed by atoms with Crippen LogP contribution < -0.4 is 5.32 Å². The van der Waals surface area contributed by atoms with E-state index in [4.69, 9.17) is 0 Å². The Hall–Kier alpha value is -1.88. The topological polar surface area (TPSA) is 52.7 Å². The quantitative estimate of drug-likeness (QED) is 0.836. The maximum Gasteiger partial charge on any atom is 0.239 e. The van der Waals surface area contributed by atoms with Crippen LogP contribution in [-0.2, 0) is 22.7 Å². The standard InChI is InChI=1S/C22H33N3O2/c1-18-8-7-12-24(15-18)16-20-10-5-4-9-19(20)14-23-21(26)17-25-13-6-2-3-11-22(25)27/h4-5,9-10,18H,2-3,6-8,11-17H2,1H3,(H,23,26)/t18-/m1/s1. The molecular weight excluding hydrogens is 338 g/mol. The van der Waals surface area contributed by atoms with Gasteiger partial charge in [0.1, 0.15) is 0 Å². The number of hydrogen-bond acceptors (Lipinski definition) is 3. The van der Waals surface area contributed by atoms with Crippen LogP contribution in [0.2, 0.25) is 0 Å². The van der Waals surface area contributed by atoms with Crippen molar-refractivity contribution >= 4 is 11.8 Å². The number of amides is 2. The van der Waals surface area contributed by atoms with Crippen LogP contribution >= 0.6 is 0 Å². The molecular formula is C22H33N3O2. The summed E-state index contributed by atoms with van der Waals surface area (Å²) in [4.78, 5) is 28.7. The third-order valence-electron chi connectivity index (χ3n) is 5.74. The van der Waals surface area contributed by atoms with E-state index in [0.717, 1.165) is 44.8 Å². The summed E-state index contributed by atoms with van der Waals surface area (Å²) in [5, 5.41) is 3.02. The average Bonchev–Trinajstić information content (AvgIpc) is 2.85. The number of carbonyl (C=O) groups excluding carboxylic acids is 2. The predicted molar refractivity (Wildman–Crippen MR) is 107 cm³/mol. The van der Waals surface area contributed by atoms with Crippen LogP contribution in [0.1, 0.15) is 56.6 Å². The zero-order valence-electron chi connectivity index (χ0n) is 16.6. The monoisotopic (exact) mass is 371 g/mol. The number of nitrogens with one attached hydrogen (secondary N) is 1. The van der Waals surface area contributed by atoms with Crippen LogP contribution in [0.4, 0.5) is 0 Å². The lowest BCUT2D eigenvalue weighted by Gasteiger charge is -2.31. The van der Waals surface area contributed by atoms with Crippen molar-refractivity contribution in [1.29, 1.82) is 0 Å². The molecule has 0 bridgehead atoms. The van der Waals surface area contributed by atoms with Crippen LogP contribution in [0.5, 0.6) is 0 Å². The molecule has 0 unspecified atom stereocenters. The summed E-state index contributed by atoms with van der Waals surface area (Å²) in [6.45, 7) is 6.99. The summed E-state index contributed by atoms with van der Waals surface area (Å²) in [6.07, 6.45) is 6.18. The first-order chi connectivity index (χ1) is 13.1. The SMILES string of the molecule is C[C@@H]1CCCN(Cc2ccccc2CNC(=O)CN2CCCCCC2=O)C1. The zero-order valence-corrected chi connectivity index (χ0v) is 16.6. The summed E-state index contributed by atoms with van der Waals surface area (Å²) in [7, 11) is 0. The minimum atomic E-state index is -0.0633. The Balaban J connectivity index is 1.53. The summed E-state index contributed by atoms with van der Waals surface area (Å²) < 4.78 is 0. The first-order valence-electron chi connectivity index (χ1n) is 10.5. The van der Waals surface area contributed by atoms with Crippen molar-refractivity contribution in [2.75, 3.05) is 26.2 Å². The summed E-state index contributed by atoms with van der Waals surface area (Å²) in [5.74, 6) is 0.811. The van der Waals surface area contributed by atoms with Gasteiger partial charge < -0.3 is 10.2 Å². The van der Waals surface area contributed by atoms with Gasteiger partial charge in [0.15, 0.2) is 0 Å². The molecule has 2 amide bonds. The molecule has 148 valence electrons. The molecule has 1 aromatic carbocycles. The number of carbonyl (C=O) groups is 2. The molecule has 27 heavy (non-hydrogen) atoms. The Labute approximate surface area is 163 Å². The maximum atomic E-state index is 12.4. The van der Waals surface area contributed by atoms with Gasteiger partial charge in [-0.3, -0.25) is 14.5 Å². The smallest absolute Gasteiger partial charge is 0.239 e. The highest BCUT2D eigenvalue weighted by Gasteiger charge is 2.20. The van der Waals surface area contributed by atoms with Gasteiger partial charge in [0.25, 0.3) is 0 Å². The van der Waals surface area contributed by atoms with Gasteiger partial charge in [0.2, 0.25) is 11.8 Å². The first-order valence-corrected chi connectivity index (χ1v) is 10.5. The van der Waals surface area contributed by atoms with Crippen molar-refractivity contribution < 1.29 is 9.59 Å². The van der Waals surface area contributed by atoms with Crippen LogP contribution in [0.25, 0.3) is 0 Å². The number of likely N-dealkylation sites (tertiary alicyclic amines) is 2. The van der Waals surface area contributed by atoms with Gasteiger partial charge in [-0.2, -0.15) is 0 Å². The lowest BCUT2D eigenvalue weighted by atomic mass is 9.99. The Morgan fingerprint density at radius 2 is 1.93 bits per heavy atom. The van der Waals surface area contributed by atoms with E-state index in [1.54, 1.807) is 4.90 Å². The van der Waals surface area contributed by atoms with E-state index in [-0.39, 0.29) is 18.4 Å². The minimum absolute atomic E-state index is 0.0633. The molecule has 0 radical (unpaired) electrons. The molecule has 2 aliphatic heterocycles. The van der Waals surface area contributed by atoms with Gasteiger partial charge in [-0.15, -0.1) is 0 Å². The van der Waals surface area contributed by atoms with Crippen LogP contribution in [-0.4, -0.2) is 47.8 Å². The second-order valence-electron chi connectivity index (χ2n) is 8.15. The summed E-state index contributed by atoms with van der Waals surface area (Å²) in [6, 6.07) is 8.37. The zero-order chi connectivity index (χ0) is 19.1. The molecule has 5 nitrogen and oxygen atoms in total. The molecule has 0 aliphatic carbocycles. The van der Waals surface area contributed by atoms with Crippen molar-refractivity contribution in [1.82, 2.24) is 15.1 Å². The van der Waals surface area contributed by atoms with Crippen LogP contribution in [0.3, 0.4) is 0 Å². The second kappa shape index (κ2) is 9.88. The molecule has 2 saturated heterocycles. The summed E-state index contributed by atoms with van der Waals surface area (Å²) in [5.41, 5.74) is 2.46. The lowest BCUT2D eigenvalue weighted by molar-refractivity contribution is -0.135. The Kier molecular flexibility index (Phi) is 7.27. The first kappa shape index (κ1) is 19.9. The van der Waals surface area contributed by atoms with Crippen molar-refractivity contribution in [3.63, 3.8) is 0 Å². The number of benzene rings is 1. The van der Waals surface area contributed by atoms with E-state index < -0.39 is 0 Å².